The third-order valence-corrected chi connectivity index (χ3v) is 3.83. The van der Waals surface area contributed by atoms with Gasteiger partial charge in [0.2, 0.25) is 0 Å². The minimum Gasteiger partial charge on any atom is -0.468 e. The van der Waals surface area contributed by atoms with E-state index in [1.807, 2.05) is 12.1 Å². The molecule has 21 heavy (non-hydrogen) atoms. The molecule has 0 bridgehead atoms. The van der Waals surface area contributed by atoms with Crippen LogP contribution in [-0.4, -0.2) is 35.4 Å². The number of furan rings is 1. The average Bonchev–Trinajstić information content (AvgIpc) is 3.22. The van der Waals surface area contributed by atoms with E-state index in [1.165, 1.54) is 12.8 Å². The van der Waals surface area contributed by atoms with E-state index in [4.69, 9.17) is 4.42 Å². The predicted octanol–water partition coefficient (Wildman–Crippen LogP) is 2.24. The Hall–Kier alpha value is -2.14. The van der Waals surface area contributed by atoms with Crippen molar-refractivity contribution in [2.75, 3.05) is 19.6 Å². The van der Waals surface area contributed by atoms with Crippen LogP contribution in [0.1, 0.15) is 35.0 Å². The predicted molar refractivity (Wildman–Crippen MR) is 78.8 cm³/mol. The molecule has 5 heteroatoms. The Kier molecular flexibility index (Phi) is 4.31. The summed E-state index contributed by atoms with van der Waals surface area (Å²) in [5.74, 6) is 0.808. The van der Waals surface area contributed by atoms with Gasteiger partial charge in [0, 0.05) is 18.9 Å². The van der Waals surface area contributed by atoms with Gasteiger partial charge in [-0.1, -0.05) is 0 Å². The normalized spacial score (nSPS) is 16.8. The molecule has 1 atom stereocenters. The van der Waals surface area contributed by atoms with Crippen LogP contribution in [0.5, 0.6) is 0 Å². The topological polar surface area (TPSA) is 58.4 Å². The van der Waals surface area contributed by atoms with E-state index in [9.17, 15) is 4.79 Å². The van der Waals surface area contributed by atoms with Gasteiger partial charge in [-0.3, -0.25) is 14.7 Å². The number of hydrogen-bond acceptors (Lipinski definition) is 4. The molecule has 1 fully saturated rings. The van der Waals surface area contributed by atoms with E-state index in [2.05, 4.69) is 15.2 Å². The lowest BCUT2D eigenvalue weighted by Crippen LogP contribution is -2.36. The number of nitrogens with one attached hydrogen (secondary N) is 1. The van der Waals surface area contributed by atoms with Crippen molar-refractivity contribution in [3.63, 3.8) is 0 Å². The molecule has 1 amide bonds. The van der Waals surface area contributed by atoms with Crippen molar-refractivity contribution in [3.05, 3.63) is 54.2 Å². The van der Waals surface area contributed by atoms with Crippen LogP contribution in [0.2, 0.25) is 0 Å². The van der Waals surface area contributed by atoms with Crippen molar-refractivity contribution in [1.82, 2.24) is 15.2 Å². The number of carbonyl (C=O) groups excluding carboxylic acids is 1. The molecule has 0 spiro atoms. The zero-order valence-electron chi connectivity index (χ0n) is 11.9. The van der Waals surface area contributed by atoms with Gasteiger partial charge in [-0.05, 0) is 50.2 Å². The molecule has 3 rings (SSSR count). The van der Waals surface area contributed by atoms with Gasteiger partial charge in [0.1, 0.15) is 5.76 Å². The Morgan fingerprint density at radius 2 is 2.19 bits per heavy atom. The summed E-state index contributed by atoms with van der Waals surface area (Å²) in [6.07, 6.45) is 7.32. The fraction of sp³-hybridized carbons (Fsp3) is 0.375. The minimum absolute atomic E-state index is 0.0983. The quantitative estimate of drug-likeness (QED) is 0.915. The van der Waals surface area contributed by atoms with Crippen LogP contribution in [0.4, 0.5) is 0 Å². The zero-order chi connectivity index (χ0) is 14.5. The first-order chi connectivity index (χ1) is 10.3. The third-order valence-electron chi connectivity index (χ3n) is 3.83. The van der Waals surface area contributed by atoms with E-state index in [0.717, 1.165) is 18.8 Å². The molecular formula is C16H19N3O2. The molecule has 1 saturated heterocycles. The van der Waals surface area contributed by atoms with Crippen molar-refractivity contribution < 1.29 is 9.21 Å². The van der Waals surface area contributed by atoms with Gasteiger partial charge >= 0.3 is 0 Å². The number of pyridine rings is 1. The first-order valence-electron chi connectivity index (χ1n) is 7.30. The molecule has 0 saturated carbocycles. The maximum atomic E-state index is 12.1. The summed E-state index contributed by atoms with van der Waals surface area (Å²) in [5, 5.41) is 2.98. The highest BCUT2D eigenvalue weighted by Crippen LogP contribution is 2.24. The van der Waals surface area contributed by atoms with Crippen LogP contribution < -0.4 is 5.32 Å². The van der Waals surface area contributed by atoms with Gasteiger partial charge in [0.05, 0.1) is 17.9 Å². The van der Waals surface area contributed by atoms with Crippen LogP contribution in [0.15, 0.2) is 47.3 Å². The Labute approximate surface area is 124 Å². The number of hydrogen-bond donors (Lipinski definition) is 1. The molecule has 0 aromatic carbocycles. The Bertz CT molecular complexity index is 562. The summed E-state index contributed by atoms with van der Waals surface area (Å²) in [7, 11) is 0. The molecule has 1 unspecified atom stereocenters. The van der Waals surface area contributed by atoms with Gasteiger partial charge in [0.25, 0.3) is 5.91 Å². The molecule has 0 radical (unpaired) electrons. The van der Waals surface area contributed by atoms with Crippen molar-refractivity contribution in [1.29, 1.82) is 0 Å². The molecule has 5 nitrogen and oxygen atoms in total. The van der Waals surface area contributed by atoms with Crippen molar-refractivity contribution in [3.8, 4) is 0 Å². The molecule has 0 aliphatic carbocycles. The minimum atomic E-state index is -0.0983. The average molecular weight is 285 g/mol. The maximum Gasteiger partial charge on any atom is 0.252 e. The summed E-state index contributed by atoms with van der Waals surface area (Å²) in [6, 6.07) is 7.49. The fourth-order valence-electron chi connectivity index (χ4n) is 2.73. The summed E-state index contributed by atoms with van der Waals surface area (Å²) in [5.41, 5.74) is 0.581. The van der Waals surface area contributed by atoms with Crippen LogP contribution in [0, 0.1) is 0 Å². The molecular weight excluding hydrogens is 266 g/mol. The molecule has 2 aromatic heterocycles. The summed E-state index contributed by atoms with van der Waals surface area (Å²) < 4.78 is 5.54. The number of nitrogens with zero attached hydrogens (tertiary/aromatic N) is 2. The second kappa shape index (κ2) is 6.54. The Morgan fingerprint density at radius 1 is 1.33 bits per heavy atom. The van der Waals surface area contributed by atoms with E-state index >= 15 is 0 Å². The lowest BCUT2D eigenvalue weighted by atomic mass is 10.2. The molecule has 2 aromatic rings. The Balaban J connectivity index is 1.66. The molecule has 1 aliphatic rings. The van der Waals surface area contributed by atoms with Gasteiger partial charge < -0.3 is 9.73 Å². The van der Waals surface area contributed by atoms with Gasteiger partial charge in [-0.25, -0.2) is 0 Å². The van der Waals surface area contributed by atoms with Crippen LogP contribution >= 0.6 is 0 Å². The van der Waals surface area contributed by atoms with E-state index in [-0.39, 0.29) is 11.9 Å². The summed E-state index contributed by atoms with van der Waals surface area (Å²) in [6.45, 7) is 2.64. The smallest absolute Gasteiger partial charge is 0.252 e. The first-order valence-corrected chi connectivity index (χ1v) is 7.30. The highest BCUT2D eigenvalue weighted by molar-refractivity contribution is 5.93. The van der Waals surface area contributed by atoms with Crippen LogP contribution in [0.25, 0.3) is 0 Å². The van der Waals surface area contributed by atoms with E-state index < -0.39 is 0 Å². The highest BCUT2D eigenvalue weighted by Gasteiger charge is 2.25. The Morgan fingerprint density at radius 3 is 2.86 bits per heavy atom. The van der Waals surface area contributed by atoms with E-state index in [0.29, 0.717) is 12.1 Å². The van der Waals surface area contributed by atoms with E-state index in [1.54, 1.807) is 30.8 Å². The standard InChI is InChI=1S/C16H19N3O2/c20-16(13-5-3-7-17-11-13)18-12-14(15-6-4-10-21-15)19-8-1-2-9-19/h3-7,10-11,14H,1-2,8-9,12H2,(H,18,20). The second-order valence-electron chi connectivity index (χ2n) is 5.23. The zero-order valence-corrected chi connectivity index (χ0v) is 11.9. The molecule has 1 N–H and O–H groups in total. The number of aromatic nitrogens is 1. The largest absolute Gasteiger partial charge is 0.468 e. The lowest BCUT2D eigenvalue weighted by molar-refractivity contribution is 0.0933. The molecule has 3 heterocycles. The number of amides is 1. The van der Waals surface area contributed by atoms with Gasteiger partial charge in [0.15, 0.2) is 0 Å². The second-order valence-corrected chi connectivity index (χ2v) is 5.23. The van der Waals surface area contributed by atoms with Gasteiger partial charge in [-0.2, -0.15) is 0 Å². The number of rotatable bonds is 5. The number of likely N-dealkylation sites (tertiary alicyclic amines) is 1. The lowest BCUT2D eigenvalue weighted by Gasteiger charge is -2.25. The summed E-state index contributed by atoms with van der Waals surface area (Å²) in [4.78, 5) is 18.5. The van der Waals surface area contributed by atoms with Crippen molar-refractivity contribution >= 4 is 5.91 Å². The summed E-state index contributed by atoms with van der Waals surface area (Å²) >= 11 is 0. The number of carbonyl (C=O) groups is 1. The monoisotopic (exact) mass is 285 g/mol. The highest BCUT2D eigenvalue weighted by atomic mass is 16.3. The van der Waals surface area contributed by atoms with Crippen LogP contribution in [0.3, 0.4) is 0 Å². The van der Waals surface area contributed by atoms with Crippen LogP contribution in [-0.2, 0) is 0 Å². The molecule has 110 valence electrons. The maximum absolute atomic E-state index is 12.1. The SMILES string of the molecule is O=C(NCC(c1ccco1)N1CCCC1)c1cccnc1. The first kappa shape index (κ1) is 13.8. The van der Waals surface area contributed by atoms with Crippen molar-refractivity contribution in [2.24, 2.45) is 0 Å². The third kappa shape index (κ3) is 3.31. The van der Waals surface area contributed by atoms with Crippen molar-refractivity contribution in [2.45, 2.75) is 18.9 Å². The van der Waals surface area contributed by atoms with Gasteiger partial charge in [-0.15, -0.1) is 0 Å². The molecule has 1 aliphatic heterocycles. The fourth-order valence-corrected chi connectivity index (χ4v) is 2.73.